The summed E-state index contributed by atoms with van der Waals surface area (Å²) >= 11 is 3.06. The van der Waals surface area contributed by atoms with Crippen molar-refractivity contribution in [3.8, 4) is 0 Å². The quantitative estimate of drug-likeness (QED) is 0.472. The lowest BCUT2D eigenvalue weighted by Crippen LogP contribution is -2.42. The highest BCUT2D eigenvalue weighted by atomic mass is 79.9. The number of halogens is 4. The van der Waals surface area contributed by atoms with Gasteiger partial charge < -0.3 is 14.8 Å². The number of esters is 2. The standard InChI is InChI=1S/C14H11BrF3NO4/c1-13(2)22-11(20)8(12(21)23-13)6-19-10-5-7(15)3-4-9(10)14(16,17)18/h3-6,19H,1-2H3. The average molecular weight is 394 g/mol. The molecule has 9 heteroatoms. The Labute approximate surface area is 137 Å². The Morgan fingerprint density at radius 1 is 1.17 bits per heavy atom. The molecule has 1 aromatic rings. The van der Waals surface area contributed by atoms with Crippen LogP contribution < -0.4 is 5.32 Å². The van der Waals surface area contributed by atoms with Crippen molar-refractivity contribution >= 4 is 33.6 Å². The van der Waals surface area contributed by atoms with Crippen LogP contribution in [0.25, 0.3) is 0 Å². The van der Waals surface area contributed by atoms with Gasteiger partial charge in [0.1, 0.15) is 0 Å². The molecule has 0 unspecified atom stereocenters. The van der Waals surface area contributed by atoms with Crippen LogP contribution in [-0.4, -0.2) is 17.7 Å². The van der Waals surface area contributed by atoms with Crippen LogP contribution in [0, 0.1) is 0 Å². The molecule has 1 aliphatic rings. The van der Waals surface area contributed by atoms with Gasteiger partial charge in [0.15, 0.2) is 5.57 Å². The molecule has 1 saturated heterocycles. The summed E-state index contributed by atoms with van der Waals surface area (Å²) in [6.45, 7) is 2.73. The van der Waals surface area contributed by atoms with Crippen LogP contribution >= 0.6 is 15.9 Å². The van der Waals surface area contributed by atoms with Crippen molar-refractivity contribution in [2.24, 2.45) is 0 Å². The third-order valence-electron chi connectivity index (χ3n) is 2.78. The van der Waals surface area contributed by atoms with Gasteiger partial charge in [-0.2, -0.15) is 13.2 Å². The molecular formula is C14H11BrF3NO4. The van der Waals surface area contributed by atoms with E-state index in [2.05, 4.69) is 21.2 Å². The van der Waals surface area contributed by atoms with Gasteiger partial charge in [0.2, 0.25) is 0 Å². The molecule has 0 amide bonds. The molecule has 0 radical (unpaired) electrons. The van der Waals surface area contributed by atoms with Gasteiger partial charge in [-0.1, -0.05) is 15.9 Å². The summed E-state index contributed by atoms with van der Waals surface area (Å²) in [5.41, 5.74) is -1.81. The molecule has 1 N–H and O–H groups in total. The fourth-order valence-electron chi connectivity index (χ4n) is 1.81. The van der Waals surface area contributed by atoms with E-state index in [-0.39, 0.29) is 5.69 Å². The highest BCUT2D eigenvalue weighted by Gasteiger charge is 2.39. The highest BCUT2D eigenvalue weighted by Crippen LogP contribution is 2.36. The highest BCUT2D eigenvalue weighted by molar-refractivity contribution is 9.10. The lowest BCUT2D eigenvalue weighted by Gasteiger charge is -2.29. The van der Waals surface area contributed by atoms with Crippen molar-refractivity contribution in [1.29, 1.82) is 0 Å². The maximum atomic E-state index is 12.9. The van der Waals surface area contributed by atoms with Crippen molar-refractivity contribution < 1.29 is 32.2 Å². The van der Waals surface area contributed by atoms with E-state index < -0.39 is 35.0 Å². The number of nitrogens with one attached hydrogen (secondary N) is 1. The number of anilines is 1. The minimum Gasteiger partial charge on any atom is -0.419 e. The number of carbonyl (C=O) groups is 2. The van der Waals surface area contributed by atoms with Crippen molar-refractivity contribution in [2.45, 2.75) is 25.8 Å². The summed E-state index contributed by atoms with van der Waals surface area (Å²) < 4.78 is 48.9. The third kappa shape index (κ3) is 4.04. The van der Waals surface area contributed by atoms with Gasteiger partial charge in [-0.25, -0.2) is 9.59 Å². The molecule has 0 aromatic heterocycles. The topological polar surface area (TPSA) is 64.6 Å². The molecule has 0 saturated carbocycles. The predicted molar refractivity (Wildman–Crippen MR) is 77.1 cm³/mol. The zero-order valence-corrected chi connectivity index (χ0v) is 13.5. The summed E-state index contributed by atoms with van der Waals surface area (Å²) in [6.07, 6.45) is -3.77. The summed E-state index contributed by atoms with van der Waals surface area (Å²) in [5.74, 6) is -3.39. The van der Waals surface area contributed by atoms with Crippen LogP contribution in [0.4, 0.5) is 18.9 Å². The first-order valence-corrected chi connectivity index (χ1v) is 7.09. The van der Waals surface area contributed by atoms with Gasteiger partial charge in [0, 0.05) is 24.5 Å². The van der Waals surface area contributed by atoms with E-state index in [4.69, 9.17) is 9.47 Å². The van der Waals surface area contributed by atoms with Crippen molar-refractivity contribution in [2.75, 3.05) is 5.32 Å². The van der Waals surface area contributed by atoms with Crippen LogP contribution in [0.5, 0.6) is 0 Å². The largest absolute Gasteiger partial charge is 0.419 e. The van der Waals surface area contributed by atoms with E-state index in [0.717, 1.165) is 12.3 Å². The molecule has 0 bridgehead atoms. The van der Waals surface area contributed by atoms with E-state index in [0.29, 0.717) is 4.47 Å². The zero-order chi connectivity index (χ0) is 17.4. The Morgan fingerprint density at radius 3 is 2.26 bits per heavy atom. The molecule has 5 nitrogen and oxygen atoms in total. The van der Waals surface area contributed by atoms with Gasteiger partial charge in [-0.05, 0) is 18.2 Å². The van der Waals surface area contributed by atoms with Crippen molar-refractivity contribution in [1.82, 2.24) is 0 Å². The van der Waals surface area contributed by atoms with E-state index in [1.54, 1.807) is 0 Å². The fourth-order valence-corrected chi connectivity index (χ4v) is 2.17. The second-order valence-electron chi connectivity index (χ2n) is 5.07. The lowest BCUT2D eigenvalue weighted by molar-refractivity contribution is -0.222. The lowest BCUT2D eigenvalue weighted by atomic mass is 10.1. The zero-order valence-electron chi connectivity index (χ0n) is 12.0. The predicted octanol–water partition coefficient (Wildman–Crippen LogP) is 3.60. The van der Waals surface area contributed by atoms with Crippen LogP contribution in [-0.2, 0) is 25.2 Å². The molecule has 124 valence electrons. The summed E-state index contributed by atoms with van der Waals surface area (Å²) in [7, 11) is 0. The molecule has 0 aliphatic carbocycles. The molecule has 1 aromatic carbocycles. The van der Waals surface area contributed by atoms with E-state index in [1.165, 1.54) is 26.0 Å². The fraction of sp³-hybridized carbons (Fsp3) is 0.286. The maximum Gasteiger partial charge on any atom is 0.418 e. The Hall–Kier alpha value is -2.03. The smallest absolute Gasteiger partial charge is 0.418 e. The first-order chi connectivity index (χ1) is 10.5. The Bertz CT molecular complexity index is 676. The minimum atomic E-state index is -4.60. The van der Waals surface area contributed by atoms with Gasteiger partial charge in [0.05, 0.1) is 11.3 Å². The number of hydrogen-bond donors (Lipinski definition) is 1. The van der Waals surface area contributed by atoms with Crippen molar-refractivity contribution in [3.05, 3.63) is 40.0 Å². The minimum absolute atomic E-state index is 0.329. The van der Waals surface area contributed by atoms with Gasteiger partial charge in [-0.15, -0.1) is 0 Å². The first-order valence-electron chi connectivity index (χ1n) is 6.30. The summed E-state index contributed by atoms with van der Waals surface area (Å²) in [4.78, 5) is 23.5. The SMILES string of the molecule is CC1(C)OC(=O)C(=CNc2cc(Br)ccc2C(F)(F)F)C(=O)O1. The average Bonchev–Trinajstić information content (AvgIpc) is 2.34. The van der Waals surface area contributed by atoms with E-state index in [9.17, 15) is 22.8 Å². The number of rotatable bonds is 2. The second kappa shape index (κ2) is 5.88. The van der Waals surface area contributed by atoms with E-state index in [1.807, 2.05) is 0 Å². The van der Waals surface area contributed by atoms with Crippen LogP contribution in [0.2, 0.25) is 0 Å². The normalized spacial score (nSPS) is 17.4. The van der Waals surface area contributed by atoms with Gasteiger partial charge >= 0.3 is 18.1 Å². The number of hydrogen-bond acceptors (Lipinski definition) is 5. The summed E-state index contributed by atoms with van der Waals surface area (Å²) in [6, 6.07) is 3.27. The Morgan fingerprint density at radius 2 is 1.74 bits per heavy atom. The number of alkyl halides is 3. The van der Waals surface area contributed by atoms with E-state index >= 15 is 0 Å². The first kappa shape index (κ1) is 17.3. The molecule has 0 atom stereocenters. The van der Waals surface area contributed by atoms with Crippen molar-refractivity contribution in [3.63, 3.8) is 0 Å². The number of ether oxygens (including phenoxy) is 2. The molecular weight excluding hydrogens is 383 g/mol. The Kier molecular flexibility index (Phi) is 4.43. The number of carbonyl (C=O) groups excluding carboxylic acids is 2. The second-order valence-corrected chi connectivity index (χ2v) is 5.98. The molecule has 1 heterocycles. The summed E-state index contributed by atoms with van der Waals surface area (Å²) in [5, 5.41) is 2.30. The molecule has 2 rings (SSSR count). The van der Waals surface area contributed by atoms with Crippen LogP contribution in [0.15, 0.2) is 34.4 Å². The Balaban J connectivity index is 2.32. The third-order valence-corrected chi connectivity index (χ3v) is 3.27. The molecule has 1 aliphatic heterocycles. The van der Waals surface area contributed by atoms with Gasteiger partial charge in [-0.3, -0.25) is 0 Å². The monoisotopic (exact) mass is 393 g/mol. The molecule has 0 spiro atoms. The molecule has 1 fully saturated rings. The van der Waals surface area contributed by atoms with Crippen LogP contribution in [0.1, 0.15) is 19.4 Å². The molecule has 23 heavy (non-hydrogen) atoms. The number of benzene rings is 1. The van der Waals surface area contributed by atoms with Gasteiger partial charge in [0.25, 0.3) is 5.79 Å². The maximum absolute atomic E-state index is 12.9. The van der Waals surface area contributed by atoms with Crippen LogP contribution in [0.3, 0.4) is 0 Å². The number of cyclic esters (lactones) is 2.